The monoisotopic (exact) mass is 396 g/mol. The highest BCUT2D eigenvalue weighted by atomic mass is 35.5. The first-order chi connectivity index (χ1) is 12.4. The largest absolute Gasteiger partial charge is 0.326 e. The van der Waals surface area contributed by atoms with Gasteiger partial charge in [-0.05, 0) is 43.2 Å². The van der Waals surface area contributed by atoms with E-state index in [2.05, 4.69) is 5.32 Å². The lowest BCUT2D eigenvalue weighted by Crippen LogP contribution is -2.43. The third-order valence-electron chi connectivity index (χ3n) is 4.32. The van der Waals surface area contributed by atoms with Crippen LogP contribution in [0.3, 0.4) is 0 Å². The average Bonchev–Trinajstić information content (AvgIpc) is 2.65. The zero-order chi connectivity index (χ0) is 18.7. The molecule has 2 aromatic rings. The molecule has 0 spiro atoms. The van der Waals surface area contributed by atoms with Crippen molar-refractivity contribution in [2.45, 2.75) is 17.7 Å². The second-order valence-electron chi connectivity index (χ2n) is 6.13. The van der Waals surface area contributed by atoms with Gasteiger partial charge in [0.25, 0.3) is 0 Å². The maximum absolute atomic E-state index is 13.5. The first kappa shape index (κ1) is 18.8. The summed E-state index contributed by atoms with van der Waals surface area (Å²) < 4.78 is 40.3. The Morgan fingerprint density at radius 3 is 2.62 bits per heavy atom. The van der Waals surface area contributed by atoms with Gasteiger partial charge in [0.05, 0.1) is 15.8 Å². The Balaban J connectivity index is 1.71. The lowest BCUT2D eigenvalue weighted by molar-refractivity contribution is -0.120. The maximum atomic E-state index is 13.5. The van der Waals surface area contributed by atoms with Crippen LogP contribution in [-0.4, -0.2) is 31.7 Å². The molecule has 8 heteroatoms. The zero-order valence-corrected chi connectivity index (χ0v) is 15.4. The van der Waals surface area contributed by atoms with Crippen LogP contribution in [0.15, 0.2) is 53.4 Å². The van der Waals surface area contributed by atoms with Gasteiger partial charge in [0, 0.05) is 18.8 Å². The lowest BCUT2D eigenvalue weighted by Gasteiger charge is -2.31. The zero-order valence-electron chi connectivity index (χ0n) is 13.9. The van der Waals surface area contributed by atoms with E-state index in [1.54, 1.807) is 18.2 Å². The van der Waals surface area contributed by atoms with Gasteiger partial charge in [-0.1, -0.05) is 29.8 Å². The fourth-order valence-electron chi connectivity index (χ4n) is 2.93. The molecule has 1 atom stereocenters. The van der Waals surface area contributed by atoms with Crippen LogP contribution in [0.1, 0.15) is 12.8 Å². The molecule has 1 saturated heterocycles. The van der Waals surface area contributed by atoms with Gasteiger partial charge < -0.3 is 5.32 Å². The first-order valence-electron chi connectivity index (χ1n) is 8.19. The third-order valence-corrected chi connectivity index (χ3v) is 6.51. The van der Waals surface area contributed by atoms with Crippen molar-refractivity contribution in [3.05, 3.63) is 59.4 Å². The van der Waals surface area contributed by atoms with Crippen LogP contribution < -0.4 is 5.32 Å². The van der Waals surface area contributed by atoms with Gasteiger partial charge in [0.2, 0.25) is 15.9 Å². The average molecular weight is 397 g/mol. The van der Waals surface area contributed by atoms with Crippen LogP contribution in [-0.2, 0) is 14.8 Å². The van der Waals surface area contributed by atoms with Crippen molar-refractivity contribution in [2.75, 3.05) is 18.4 Å². The molecule has 1 amide bonds. The van der Waals surface area contributed by atoms with Gasteiger partial charge in [-0.3, -0.25) is 4.79 Å². The molecule has 26 heavy (non-hydrogen) atoms. The predicted octanol–water partition coefficient (Wildman–Crippen LogP) is 3.52. The standard InChI is InChI=1S/C18H18ClFN2O3S/c19-16-9-8-14(11-17(16)20)21-18(23)13-5-4-10-22(12-13)26(24,25)15-6-2-1-3-7-15/h1-3,6-9,11,13H,4-5,10,12H2,(H,21,23)/t13-/m0/s1. The summed E-state index contributed by atoms with van der Waals surface area (Å²) >= 11 is 5.63. The Hall–Kier alpha value is -1.96. The minimum Gasteiger partial charge on any atom is -0.326 e. The van der Waals surface area contributed by atoms with E-state index >= 15 is 0 Å². The topological polar surface area (TPSA) is 66.5 Å². The number of sulfonamides is 1. The Morgan fingerprint density at radius 2 is 1.92 bits per heavy atom. The Morgan fingerprint density at radius 1 is 1.19 bits per heavy atom. The number of anilines is 1. The molecule has 138 valence electrons. The van der Waals surface area contributed by atoms with E-state index in [1.807, 2.05) is 0 Å². The number of halogens is 2. The number of nitrogens with zero attached hydrogens (tertiary/aromatic N) is 1. The summed E-state index contributed by atoms with van der Waals surface area (Å²) in [6, 6.07) is 12.2. The number of carbonyl (C=O) groups excluding carboxylic acids is 1. The summed E-state index contributed by atoms with van der Waals surface area (Å²) in [5.41, 5.74) is 0.292. The fourth-order valence-corrected chi connectivity index (χ4v) is 4.60. The summed E-state index contributed by atoms with van der Waals surface area (Å²) in [6.45, 7) is 0.468. The Kier molecular flexibility index (Phi) is 5.60. The highest BCUT2D eigenvalue weighted by Gasteiger charge is 2.33. The SMILES string of the molecule is O=C(Nc1ccc(Cl)c(F)c1)[C@H]1CCCN(S(=O)(=O)c2ccccc2)C1. The summed E-state index contributed by atoms with van der Waals surface area (Å²) in [6.07, 6.45) is 1.15. The first-order valence-corrected chi connectivity index (χ1v) is 10.0. The van der Waals surface area contributed by atoms with Gasteiger partial charge in [0.1, 0.15) is 5.82 Å². The number of rotatable bonds is 4. The molecule has 1 aliphatic heterocycles. The molecule has 0 aromatic heterocycles. The van der Waals surface area contributed by atoms with Gasteiger partial charge in [-0.15, -0.1) is 0 Å². The highest BCUT2D eigenvalue weighted by molar-refractivity contribution is 7.89. The highest BCUT2D eigenvalue weighted by Crippen LogP contribution is 2.25. The van der Waals surface area contributed by atoms with Crippen molar-refractivity contribution in [1.29, 1.82) is 0 Å². The van der Waals surface area contributed by atoms with Crippen LogP contribution in [0, 0.1) is 11.7 Å². The molecular formula is C18H18ClFN2O3S. The number of carbonyl (C=O) groups is 1. The number of amides is 1. The molecule has 0 unspecified atom stereocenters. The Labute approximate surface area is 156 Å². The van der Waals surface area contributed by atoms with Gasteiger partial charge in [-0.25, -0.2) is 12.8 Å². The van der Waals surface area contributed by atoms with Crippen LogP contribution in [0.2, 0.25) is 5.02 Å². The molecule has 0 radical (unpaired) electrons. The van der Waals surface area contributed by atoms with Crippen LogP contribution in [0.4, 0.5) is 10.1 Å². The van der Waals surface area contributed by atoms with Crippen molar-refractivity contribution in [3.8, 4) is 0 Å². The fraction of sp³-hybridized carbons (Fsp3) is 0.278. The second kappa shape index (κ2) is 7.73. The summed E-state index contributed by atoms with van der Waals surface area (Å²) in [5.74, 6) is -1.46. The molecule has 1 heterocycles. The van der Waals surface area contributed by atoms with Crippen LogP contribution in [0.5, 0.6) is 0 Å². The second-order valence-corrected chi connectivity index (χ2v) is 8.48. The van der Waals surface area contributed by atoms with E-state index in [0.29, 0.717) is 25.1 Å². The van der Waals surface area contributed by atoms with E-state index in [9.17, 15) is 17.6 Å². The number of nitrogens with one attached hydrogen (secondary N) is 1. The van der Waals surface area contributed by atoms with Gasteiger partial charge in [-0.2, -0.15) is 4.31 Å². The molecular weight excluding hydrogens is 379 g/mol. The van der Waals surface area contributed by atoms with Crippen molar-refractivity contribution in [1.82, 2.24) is 4.31 Å². The van der Waals surface area contributed by atoms with Crippen molar-refractivity contribution in [2.24, 2.45) is 5.92 Å². The molecule has 2 aromatic carbocycles. The van der Waals surface area contributed by atoms with E-state index in [1.165, 1.54) is 28.6 Å². The number of benzene rings is 2. The van der Waals surface area contributed by atoms with Crippen LogP contribution in [0.25, 0.3) is 0 Å². The number of piperidine rings is 1. The summed E-state index contributed by atoms with van der Waals surface area (Å²) in [4.78, 5) is 12.7. The molecule has 0 bridgehead atoms. The molecule has 0 aliphatic carbocycles. The van der Waals surface area contributed by atoms with Crippen LogP contribution >= 0.6 is 11.6 Å². The smallest absolute Gasteiger partial charge is 0.243 e. The van der Waals surface area contributed by atoms with Crippen molar-refractivity contribution < 1.29 is 17.6 Å². The summed E-state index contributed by atoms with van der Waals surface area (Å²) in [5, 5.41) is 2.61. The lowest BCUT2D eigenvalue weighted by atomic mass is 9.99. The minimum atomic E-state index is -3.64. The molecule has 0 saturated carbocycles. The predicted molar refractivity (Wildman–Crippen MR) is 98.0 cm³/mol. The number of hydrogen-bond acceptors (Lipinski definition) is 3. The maximum Gasteiger partial charge on any atom is 0.243 e. The van der Waals surface area contributed by atoms with E-state index < -0.39 is 21.8 Å². The van der Waals surface area contributed by atoms with Crippen molar-refractivity contribution >= 4 is 33.2 Å². The number of hydrogen-bond donors (Lipinski definition) is 1. The summed E-state index contributed by atoms with van der Waals surface area (Å²) in [7, 11) is -3.64. The molecule has 1 fully saturated rings. The quantitative estimate of drug-likeness (QED) is 0.859. The van der Waals surface area contributed by atoms with Crippen molar-refractivity contribution in [3.63, 3.8) is 0 Å². The molecule has 5 nitrogen and oxygen atoms in total. The molecule has 3 rings (SSSR count). The van der Waals surface area contributed by atoms with E-state index in [0.717, 1.165) is 6.07 Å². The van der Waals surface area contributed by atoms with E-state index in [-0.39, 0.29) is 22.4 Å². The van der Waals surface area contributed by atoms with Gasteiger partial charge >= 0.3 is 0 Å². The van der Waals surface area contributed by atoms with Gasteiger partial charge in [0.15, 0.2) is 0 Å². The van der Waals surface area contributed by atoms with E-state index in [4.69, 9.17) is 11.6 Å². The third kappa shape index (κ3) is 4.06. The molecule has 1 aliphatic rings. The normalized spacial score (nSPS) is 18.5. The Bertz CT molecular complexity index is 906. The molecule has 1 N–H and O–H groups in total. The minimum absolute atomic E-state index is 0.0270.